The largest absolute Gasteiger partial charge is 0.493 e. The Balaban J connectivity index is 2.26. The minimum atomic E-state index is -0.762. The molecule has 0 aromatic heterocycles. The molecule has 1 aliphatic carbocycles. The Morgan fingerprint density at radius 2 is 2.00 bits per heavy atom. The molecule has 0 atom stereocenters. The zero-order valence-corrected chi connectivity index (χ0v) is 10.4. The Morgan fingerprint density at radius 1 is 1.35 bits per heavy atom. The van der Waals surface area contributed by atoms with Gasteiger partial charge < -0.3 is 15.6 Å². The van der Waals surface area contributed by atoms with Crippen LogP contribution in [-0.2, 0) is 5.60 Å². The lowest BCUT2D eigenvalue weighted by molar-refractivity contribution is -0.00718. The van der Waals surface area contributed by atoms with Crippen LogP contribution in [0.5, 0.6) is 5.75 Å². The molecule has 0 radical (unpaired) electrons. The Morgan fingerprint density at radius 3 is 2.65 bits per heavy atom. The third kappa shape index (κ3) is 2.61. The van der Waals surface area contributed by atoms with Gasteiger partial charge in [-0.1, -0.05) is 18.2 Å². The number of aliphatic hydroxyl groups is 1. The first-order valence-corrected chi connectivity index (χ1v) is 6.36. The van der Waals surface area contributed by atoms with Gasteiger partial charge in [-0.05, 0) is 38.7 Å². The van der Waals surface area contributed by atoms with Crippen molar-refractivity contribution < 1.29 is 9.84 Å². The summed E-state index contributed by atoms with van der Waals surface area (Å²) in [5.74, 6) is 0.799. The van der Waals surface area contributed by atoms with Crippen LogP contribution in [0.3, 0.4) is 0 Å². The lowest BCUT2D eigenvalue weighted by Crippen LogP contribution is -2.37. The van der Waals surface area contributed by atoms with Gasteiger partial charge in [-0.2, -0.15) is 0 Å². The van der Waals surface area contributed by atoms with E-state index in [1.807, 2.05) is 31.2 Å². The number of benzene rings is 1. The Labute approximate surface area is 103 Å². The van der Waals surface area contributed by atoms with Crippen LogP contribution in [0.15, 0.2) is 24.3 Å². The van der Waals surface area contributed by atoms with E-state index in [2.05, 4.69) is 0 Å². The van der Waals surface area contributed by atoms with Crippen LogP contribution in [0.25, 0.3) is 0 Å². The van der Waals surface area contributed by atoms with Crippen LogP contribution < -0.4 is 10.5 Å². The molecule has 0 unspecified atom stereocenters. The van der Waals surface area contributed by atoms with E-state index in [1.54, 1.807) is 0 Å². The maximum Gasteiger partial charge on any atom is 0.125 e. The second-order valence-electron chi connectivity index (χ2n) is 4.80. The summed E-state index contributed by atoms with van der Waals surface area (Å²) in [5, 5.41) is 10.7. The summed E-state index contributed by atoms with van der Waals surface area (Å²) in [6.45, 7) is 2.57. The lowest BCUT2D eigenvalue weighted by atomic mass is 9.77. The second kappa shape index (κ2) is 5.07. The van der Waals surface area contributed by atoms with E-state index in [4.69, 9.17) is 10.5 Å². The molecule has 0 saturated heterocycles. The van der Waals surface area contributed by atoms with Crippen molar-refractivity contribution in [2.75, 3.05) is 6.61 Å². The fraction of sp³-hybridized carbons (Fsp3) is 0.571. The van der Waals surface area contributed by atoms with Crippen molar-refractivity contribution in [3.8, 4) is 5.75 Å². The van der Waals surface area contributed by atoms with E-state index in [0.29, 0.717) is 6.61 Å². The zero-order valence-electron chi connectivity index (χ0n) is 10.4. The summed E-state index contributed by atoms with van der Waals surface area (Å²) in [7, 11) is 0. The minimum absolute atomic E-state index is 0.231. The molecule has 3 nitrogen and oxygen atoms in total. The predicted molar refractivity (Wildman–Crippen MR) is 68.0 cm³/mol. The maximum atomic E-state index is 10.7. The number of ether oxygens (including phenoxy) is 1. The Kier molecular flexibility index (Phi) is 3.69. The van der Waals surface area contributed by atoms with Crippen LogP contribution >= 0.6 is 0 Å². The smallest absolute Gasteiger partial charge is 0.125 e. The SMILES string of the molecule is CCOc1ccccc1C1(O)CCC(N)CC1. The van der Waals surface area contributed by atoms with E-state index < -0.39 is 5.60 Å². The van der Waals surface area contributed by atoms with Crippen molar-refractivity contribution in [1.82, 2.24) is 0 Å². The molecule has 0 aliphatic heterocycles. The van der Waals surface area contributed by atoms with Crippen molar-refractivity contribution in [3.05, 3.63) is 29.8 Å². The van der Waals surface area contributed by atoms with Crippen LogP contribution in [0.1, 0.15) is 38.2 Å². The first-order valence-electron chi connectivity index (χ1n) is 6.36. The van der Waals surface area contributed by atoms with Gasteiger partial charge in [-0.3, -0.25) is 0 Å². The third-order valence-corrected chi connectivity index (χ3v) is 3.55. The molecule has 1 aromatic carbocycles. The Hall–Kier alpha value is -1.06. The van der Waals surface area contributed by atoms with E-state index in [9.17, 15) is 5.11 Å². The van der Waals surface area contributed by atoms with Crippen LogP contribution in [-0.4, -0.2) is 17.8 Å². The predicted octanol–water partition coefficient (Wildman–Crippen LogP) is 2.17. The minimum Gasteiger partial charge on any atom is -0.493 e. The number of nitrogens with two attached hydrogens (primary N) is 1. The molecule has 0 spiro atoms. The molecular weight excluding hydrogens is 214 g/mol. The highest BCUT2D eigenvalue weighted by Crippen LogP contribution is 2.40. The average Bonchev–Trinajstić information content (AvgIpc) is 2.34. The molecule has 0 amide bonds. The van der Waals surface area contributed by atoms with Crippen molar-refractivity contribution in [2.24, 2.45) is 5.73 Å². The summed E-state index contributed by atoms with van der Waals surface area (Å²) >= 11 is 0. The molecule has 1 aliphatic rings. The topological polar surface area (TPSA) is 55.5 Å². The molecule has 3 heteroatoms. The van der Waals surface area contributed by atoms with Gasteiger partial charge in [0.25, 0.3) is 0 Å². The first-order chi connectivity index (χ1) is 8.15. The fourth-order valence-electron chi connectivity index (χ4n) is 2.52. The summed E-state index contributed by atoms with van der Waals surface area (Å²) < 4.78 is 5.59. The van der Waals surface area contributed by atoms with Gasteiger partial charge in [0.05, 0.1) is 12.2 Å². The summed E-state index contributed by atoms with van der Waals surface area (Å²) in [5.41, 5.74) is 6.04. The number of para-hydroxylation sites is 1. The van der Waals surface area contributed by atoms with Gasteiger partial charge in [0, 0.05) is 11.6 Å². The van der Waals surface area contributed by atoms with Gasteiger partial charge in [-0.25, -0.2) is 0 Å². The molecule has 0 bridgehead atoms. The zero-order chi connectivity index (χ0) is 12.3. The third-order valence-electron chi connectivity index (χ3n) is 3.55. The van der Waals surface area contributed by atoms with Crippen molar-refractivity contribution >= 4 is 0 Å². The van der Waals surface area contributed by atoms with Gasteiger partial charge in [0.15, 0.2) is 0 Å². The summed E-state index contributed by atoms with van der Waals surface area (Å²) in [6.07, 6.45) is 3.18. The number of rotatable bonds is 3. The van der Waals surface area contributed by atoms with E-state index in [1.165, 1.54) is 0 Å². The van der Waals surface area contributed by atoms with Crippen molar-refractivity contribution in [1.29, 1.82) is 0 Å². The lowest BCUT2D eigenvalue weighted by Gasteiger charge is -2.36. The monoisotopic (exact) mass is 235 g/mol. The standard InChI is InChI=1S/C14H21NO2/c1-2-17-13-6-4-3-5-12(13)14(16)9-7-11(15)8-10-14/h3-6,11,16H,2,7-10,15H2,1H3. The highest BCUT2D eigenvalue weighted by Gasteiger charge is 2.35. The highest BCUT2D eigenvalue weighted by molar-refractivity contribution is 5.38. The molecular formula is C14H21NO2. The van der Waals surface area contributed by atoms with Crippen LogP contribution in [0.2, 0.25) is 0 Å². The highest BCUT2D eigenvalue weighted by atomic mass is 16.5. The van der Waals surface area contributed by atoms with Gasteiger partial charge in [0.1, 0.15) is 5.75 Å². The molecule has 1 saturated carbocycles. The molecule has 1 fully saturated rings. The van der Waals surface area contributed by atoms with E-state index >= 15 is 0 Å². The van der Waals surface area contributed by atoms with E-state index in [0.717, 1.165) is 37.0 Å². The van der Waals surface area contributed by atoms with Crippen molar-refractivity contribution in [2.45, 2.75) is 44.2 Å². The normalized spacial score (nSPS) is 29.0. The van der Waals surface area contributed by atoms with Crippen LogP contribution in [0.4, 0.5) is 0 Å². The average molecular weight is 235 g/mol. The van der Waals surface area contributed by atoms with Gasteiger partial charge in [0.2, 0.25) is 0 Å². The molecule has 2 rings (SSSR count). The molecule has 94 valence electrons. The molecule has 17 heavy (non-hydrogen) atoms. The summed E-state index contributed by atoms with van der Waals surface area (Å²) in [4.78, 5) is 0. The number of hydrogen-bond donors (Lipinski definition) is 2. The fourth-order valence-corrected chi connectivity index (χ4v) is 2.52. The molecule has 0 heterocycles. The van der Waals surface area contributed by atoms with Crippen LogP contribution in [0, 0.1) is 0 Å². The second-order valence-corrected chi connectivity index (χ2v) is 4.80. The molecule has 3 N–H and O–H groups in total. The maximum absolute atomic E-state index is 10.7. The van der Waals surface area contributed by atoms with E-state index in [-0.39, 0.29) is 6.04 Å². The Bertz CT molecular complexity index is 370. The quantitative estimate of drug-likeness (QED) is 0.844. The molecule has 1 aromatic rings. The number of hydrogen-bond acceptors (Lipinski definition) is 3. The first kappa shape index (κ1) is 12.4. The summed E-state index contributed by atoms with van der Waals surface area (Å²) in [6, 6.07) is 8.00. The van der Waals surface area contributed by atoms with Gasteiger partial charge >= 0.3 is 0 Å². The van der Waals surface area contributed by atoms with Gasteiger partial charge in [-0.15, -0.1) is 0 Å². The van der Waals surface area contributed by atoms with Crippen molar-refractivity contribution in [3.63, 3.8) is 0 Å².